The molecule has 0 bridgehead atoms. The van der Waals surface area contributed by atoms with Crippen molar-refractivity contribution in [2.75, 3.05) is 27.9 Å². The van der Waals surface area contributed by atoms with E-state index in [2.05, 4.69) is 0 Å². The number of epoxide rings is 1. The molecule has 48 heavy (non-hydrogen) atoms. The number of ether oxygens (including phenoxy) is 9. The zero-order valence-electron chi connectivity index (χ0n) is 29.1. The van der Waals surface area contributed by atoms with E-state index in [1.165, 1.54) is 40.4 Å². The number of rotatable bonds is 8. The van der Waals surface area contributed by atoms with Crippen LogP contribution in [0.4, 0.5) is 0 Å². The minimum absolute atomic E-state index is 0.0273. The molecule has 0 unspecified atom stereocenters. The molecule has 0 saturated carbocycles. The maximum absolute atomic E-state index is 13.2. The van der Waals surface area contributed by atoms with Crippen LogP contribution in [0.1, 0.15) is 53.9 Å². The molecule has 0 aromatic heterocycles. The maximum Gasteiger partial charge on any atom is 0.330 e. The van der Waals surface area contributed by atoms with Gasteiger partial charge in [0.05, 0.1) is 37.1 Å². The Morgan fingerprint density at radius 3 is 2.23 bits per heavy atom. The number of hydrogen-bond donors (Lipinski definition) is 3. The fourth-order valence-electron chi connectivity index (χ4n) is 6.53. The van der Waals surface area contributed by atoms with E-state index >= 15 is 0 Å². The summed E-state index contributed by atoms with van der Waals surface area (Å²) in [7, 11) is 4.45. The van der Waals surface area contributed by atoms with Crippen molar-refractivity contribution in [3.05, 3.63) is 24.3 Å². The molecule has 0 spiro atoms. The molecule has 4 aliphatic rings. The second kappa shape index (κ2) is 16.9. The number of carbonyl (C=O) groups excluding carboxylic acids is 2. The van der Waals surface area contributed by atoms with Crippen molar-refractivity contribution in [3.63, 3.8) is 0 Å². The number of carbonyl (C=O) groups is 2. The van der Waals surface area contributed by atoms with Gasteiger partial charge in [-0.25, -0.2) is 4.79 Å². The topological polar surface area (TPSA) is 181 Å². The van der Waals surface area contributed by atoms with E-state index in [1.54, 1.807) is 26.0 Å². The minimum atomic E-state index is -1.72. The number of ketones is 1. The molecular weight excluding hydrogens is 632 g/mol. The molecule has 4 heterocycles. The molecule has 14 nitrogen and oxygen atoms in total. The molecule has 274 valence electrons. The van der Waals surface area contributed by atoms with Crippen molar-refractivity contribution >= 4 is 11.8 Å². The fourth-order valence-corrected chi connectivity index (χ4v) is 6.53. The molecule has 4 rings (SSSR count). The van der Waals surface area contributed by atoms with Gasteiger partial charge in [0.2, 0.25) is 0 Å². The third-order valence-corrected chi connectivity index (χ3v) is 9.85. The van der Waals surface area contributed by atoms with Gasteiger partial charge < -0.3 is 58.0 Å². The van der Waals surface area contributed by atoms with Crippen molar-refractivity contribution < 1.29 is 67.5 Å². The molecule has 3 N–H and O–H groups in total. The second-order valence-electron chi connectivity index (χ2n) is 13.5. The van der Waals surface area contributed by atoms with Crippen molar-refractivity contribution in [1.82, 2.24) is 0 Å². The average Bonchev–Trinajstić information content (AvgIpc) is 3.81. The first-order valence-electron chi connectivity index (χ1n) is 16.7. The lowest BCUT2D eigenvalue weighted by molar-refractivity contribution is -0.305. The van der Waals surface area contributed by atoms with Gasteiger partial charge in [-0.2, -0.15) is 0 Å². The lowest BCUT2D eigenvalue weighted by atomic mass is 9.89. The summed E-state index contributed by atoms with van der Waals surface area (Å²) in [4.78, 5) is 26.3. The van der Waals surface area contributed by atoms with Gasteiger partial charge in [-0.3, -0.25) is 4.79 Å². The molecule has 0 aromatic carbocycles. The van der Waals surface area contributed by atoms with Gasteiger partial charge in [0.25, 0.3) is 0 Å². The molecule has 4 aliphatic heterocycles. The first-order chi connectivity index (χ1) is 22.7. The van der Waals surface area contributed by atoms with Crippen molar-refractivity contribution in [2.24, 2.45) is 11.8 Å². The van der Waals surface area contributed by atoms with Crippen LogP contribution in [0.2, 0.25) is 0 Å². The molecule has 0 aliphatic carbocycles. The second-order valence-corrected chi connectivity index (χ2v) is 13.5. The first-order valence-corrected chi connectivity index (χ1v) is 16.7. The first kappa shape index (κ1) is 39.0. The Morgan fingerprint density at radius 1 is 0.854 bits per heavy atom. The number of fused-ring (bicyclic) bond motifs is 1. The van der Waals surface area contributed by atoms with E-state index in [0.717, 1.165) is 0 Å². The summed E-state index contributed by atoms with van der Waals surface area (Å²) in [6.45, 7) is 8.58. The Hall–Kier alpha value is -1.82. The fraction of sp³-hybridized carbons (Fsp3) is 0.824. The summed E-state index contributed by atoms with van der Waals surface area (Å²) >= 11 is 0. The summed E-state index contributed by atoms with van der Waals surface area (Å²) in [6, 6.07) is 0. The summed E-state index contributed by atoms with van der Waals surface area (Å²) in [5.74, 6) is -2.00. The van der Waals surface area contributed by atoms with Crippen molar-refractivity contribution in [1.29, 1.82) is 0 Å². The SMILES string of the molecule is CO[C@@H]1[C@H](O)[C@@H](C)O[C@@H](OC[C@H]2[C@@H]3O[C@H]3/C=C/C(=O)[C@@](C)(O)CC[C@H](O[C@H]3O[C@@H](C)C[C@@H](OC)[C@@H]3O)[C@@H](C)/C=C/C(=O)O[C@@H]2C)[C@@H]1OC. The van der Waals surface area contributed by atoms with Gasteiger partial charge >= 0.3 is 5.97 Å². The number of esters is 1. The number of aliphatic hydroxyl groups is 3. The van der Waals surface area contributed by atoms with Crippen LogP contribution < -0.4 is 0 Å². The lowest BCUT2D eigenvalue weighted by Gasteiger charge is -2.42. The summed E-state index contributed by atoms with van der Waals surface area (Å²) in [5, 5.41) is 32.5. The summed E-state index contributed by atoms with van der Waals surface area (Å²) in [6.07, 6.45) is -2.35. The van der Waals surface area contributed by atoms with E-state index in [4.69, 9.17) is 42.6 Å². The third-order valence-electron chi connectivity index (χ3n) is 9.85. The Bertz CT molecular complexity index is 1130. The monoisotopic (exact) mass is 686 g/mol. The number of cyclic esters (lactones) is 1. The van der Waals surface area contributed by atoms with Gasteiger partial charge in [0.15, 0.2) is 18.4 Å². The van der Waals surface area contributed by atoms with Crippen molar-refractivity contribution in [3.8, 4) is 0 Å². The normalized spacial score (nSPS) is 47.5. The van der Waals surface area contributed by atoms with Crippen LogP contribution in [-0.2, 0) is 52.2 Å². The molecule has 16 atom stereocenters. The van der Waals surface area contributed by atoms with Gasteiger partial charge in [-0.05, 0) is 52.7 Å². The molecule has 0 radical (unpaired) electrons. The minimum Gasteiger partial charge on any atom is -0.459 e. The standard InChI is InChI=1S/C34H54O14/c1-17-9-12-26(36)45-19(3)21(16-43-33-31(42-8)30(41-7)27(37)20(4)46-33)29-23(47-29)10-11-25(35)34(5,39)14-13-22(17)48-32-28(38)24(40-6)15-18(2)44-32/h9-12,17-24,27-33,37-39H,13-16H2,1-8H3/b11-10+,12-9+/t17-,18-,19+,20+,21+,22-,23-,24+,27+,28-,29-,30+,31+,32+,33+,34-/m0/s1. The lowest BCUT2D eigenvalue weighted by Crippen LogP contribution is -2.59. The van der Waals surface area contributed by atoms with Crippen LogP contribution in [0.5, 0.6) is 0 Å². The Balaban J connectivity index is 1.53. The summed E-state index contributed by atoms with van der Waals surface area (Å²) < 4.78 is 52.3. The highest BCUT2D eigenvalue weighted by atomic mass is 16.7. The number of hydrogen-bond acceptors (Lipinski definition) is 14. The zero-order valence-corrected chi connectivity index (χ0v) is 29.1. The van der Waals surface area contributed by atoms with E-state index in [-0.39, 0.29) is 25.6 Å². The smallest absolute Gasteiger partial charge is 0.330 e. The largest absolute Gasteiger partial charge is 0.459 e. The van der Waals surface area contributed by atoms with Gasteiger partial charge in [-0.1, -0.05) is 13.0 Å². The van der Waals surface area contributed by atoms with Crippen LogP contribution in [0.25, 0.3) is 0 Å². The van der Waals surface area contributed by atoms with Crippen molar-refractivity contribution in [2.45, 2.75) is 139 Å². The van der Waals surface area contributed by atoms with Crippen LogP contribution in [-0.4, -0.2) is 140 Å². The Labute approximate surface area is 282 Å². The van der Waals surface area contributed by atoms with E-state index < -0.39 is 103 Å². The highest BCUT2D eigenvalue weighted by molar-refractivity contribution is 5.96. The molecule has 3 fully saturated rings. The Kier molecular flexibility index (Phi) is 13.7. The van der Waals surface area contributed by atoms with E-state index in [0.29, 0.717) is 6.42 Å². The van der Waals surface area contributed by atoms with Crippen LogP contribution in [0.15, 0.2) is 24.3 Å². The predicted octanol–water partition coefficient (Wildman–Crippen LogP) is 1.21. The highest BCUT2D eigenvalue weighted by Crippen LogP contribution is 2.36. The van der Waals surface area contributed by atoms with Crippen LogP contribution in [0, 0.1) is 11.8 Å². The van der Waals surface area contributed by atoms with Crippen LogP contribution in [0.3, 0.4) is 0 Å². The predicted molar refractivity (Wildman–Crippen MR) is 169 cm³/mol. The molecule has 0 aromatic rings. The Morgan fingerprint density at radius 2 is 1.56 bits per heavy atom. The maximum atomic E-state index is 13.2. The quantitative estimate of drug-likeness (QED) is 0.245. The molecule has 3 saturated heterocycles. The number of methoxy groups -OCH3 is 3. The van der Waals surface area contributed by atoms with Crippen LogP contribution >= 0.6 is 0 Å². The van der Waals surface area contributed by atoms with Gasteiger partial charge in [-0.15, -0.1) is 0 Å². The highest BCUT2D eigenvalue weighted by Gasteiger charge is 2.49. The average molecular weight is 687 g/mol. The molecule has 0 amide bonds. The number of aliphatic hydroxyl groups excluding tert-OH is 2. The molecule has 14 heteroatoms. The van der Waals surface area contributed by atoms with E-state index in [1.807, 2.05) is 13.8 Å². The molecular formula is C34H54O14. The van der Waals surface area contributed by atoms with Gasteiger partial charge in [0, 0.05) is 45.7 Å². The van der Waals surface area contributed by atoms with Gasteiger partial charge in [0.1, 0.15) is 42.2 Å². The summed E-state index contributed by atoms with van der Waals surface area (Å²) in [5.41, 5.74) is -1.72. The third kappa shape index (κ3) is 9.49. The van der Waals surface area contributed by atoms with E-state index in [9.17, 15) is 24.9 Å². The zero-order chi connectivity index (χ0) is 35.3.